The maximum atomic E-state index is 11.6. The van der Waals surface area contributed by atoms with Gasteiger partial charge in [-0.15, -0.1) is 24.0 Å². The second kappa shape index (κ2) is 11.4. The van der Waals surface area contributed by atoms with Crippen LogP contribution in [0.2, 0.25) is 0 Å². The molecule has 26 heavy (non-hydrogen) atoms. The van der Waals surface area contributed by atoms with E-state index >= 15 is 0 Å². The molecule has 0 saturated carbocycles. The Balaban J connectivity index is 0.00000338. The van der Waals surface area contributed by atoms with E-state index in [1.165, 1.54) is 12.0 Å². The number of anilines is 1. The van der Waals surface area contributed by atoms with E-state index in [1.807, 2.05) is 38.2 Å². The maximum absolute atomic E-state index is 11.6. The molecule has 0 aromatic heterocycles. The lowest BCUT2D eigenvalue weighted by atomic mass is 9.92. The number of nitrogens with zero attached hydrogens (tertiary/aromatic N) is 2. The predicted molar refractivity (Wildman–Crippen MR) is 120 cm³/mol. The number of aliphatic imine (C=N–C) groups is 1. The fourth-order valence-electron chi connectivity index (χ4n) is 3.51. The zero-order valence-electron chi connectivity index (χ0n) is 16.4. The second-order valence-electron chi connectivity index (χ2n) is 7.25. The van der Waals surface area contributed by atoms with Crippen LogP contribution >= 0.6 is 24.0 Å². The number of piperidine rings is 1. The average Bonchev–Trinajstić information content (AvgIpc) is 2.56. The van der Waals surface area contributed by atoms with E-state index in [0.29, 0.717) is 18.3 Å². The van der Waals surface area contributed by atoms with Gasteiger partial charge in [0.2, 0.25) is 5.91 Å². The average molecular weight is 472 g/mol. The van der Waals surface area contributed by atoms with Crippen molar-refractivity contribution in [1.29, 1.82) is 0 Å². The fraction of sp³-hybridized carbons (Fsp3) is 0.600. The molecule has 6 heteroatoms. The van der Waals surface area contributed by atoms with Gasteiger partial charge in [-0.05, 0) is 42.4 Å². The van der Waals surface area contributed by atoms with Crippen molar-refractivity contribution in [3.63, 3.8) is 0 Å². The van der Waals surface area contributed by atoms with Crippen molar-refractivity contribution < 1.29 is 4.79 Å². The number of hydrogen-bond donors (Lipinski definition) is 2. The summed E-state index contributed by atoms with van der Waals surface area (Å²) in [4.78, 5) is 18.4. The van der Waals surface area contributed by atoms with Crippen molar-refractivity contribution in [1.82, 2.24) is 10.2 Å². The lowest BCUT2D eigenvalue weighted by Gasteiger charge is -2.37. The summed E-state index contributed by atoms with van der Waals surface area (Å²) in [7, 11) is 1.85. The number of rotatable bonds is 5. The number of guanidine groups is 1. The molecule has 2 unspecified atom stereocenters. The second-order valence-corrected chi connectivity index (χ2v) is 7.25. The first-order valence-corrected chi connectivity index (χ1v) is 9.36. The molecule has 1 fully saturated rings. The Kier molecular flexibility index (Phi) is 9.98. The van der Waals surface area contributed by atoms with Crippen molar-refractivity contribution in [2.24, 2.45) is 16.8 Å². The Bertz CT molecular complexity index is 578. The number of benzene rings is 1. The van der Waals surface area contributed by atoms with E-state index in [-0.39, 0.29) is 29.9 Å². The molecule has 0 aliphatic carbocycles. The summed E-state index contributed by atoms with van der Waals surface area (Å²) in [5.41, 5.74) is 2.03. The van der Waals surface area contributed by atoms with E-state index in [4.69, 9.17) is 0 Å². The molecule has 2 atom stereocenters. The van der Waals surface area contributed by atoms with Gasteiger partial charge in [-0.25, -0.2) is 0 Å². The highest BCUT2D eigenvalue weighted by Crippen LogP contribution is 2.21. The molecule has 1 aromatic carbocycles. The van der Waals surface area contributed by atoms with Crippen LogP contribution in [0.1, 0.15) is 45.6 Å². The van der Waals surface area contributed by atoms with Gasteiger partial charge in [0.15, 0.2) is 5.96 Å². The van der Waals surface area contributed by atoms with Crippen molar-refractivity contribution in [3.8, 4) is 0 Å². The van der Waals surface area contributed by atoms with Gasteiger partial charge >= 0.3 is 0 Å². The molecule has 146 valence electrons. The maximum Gasteiger partial charge on any atom is 0.224 e. The highest BCUT2D eigenvalue weighted by Gasteiger charge is 2.23. The van der Waals surface area contributed by atoms with Crippen LogP contribution in [0.25, 0.3) is 0 Å². The third-order valence-electron chi connectivity index (χ3n) is 4.55. The lowest BCUT2D eigenvalue weighted by Crippen LogP contribution is -2.48. The summed E-state index contributed by atoms with van der Waals surface area (Å²) in [5, 5.41) is 6.38. The van der Waals surface area contributed by atoms with Crippen molar-refractivity contribution in [2.75, 3.05) is 25.5 Å². The van der Waals surface area contributed by atoms with Crippen LogP contribution in [0.5, 0.6) is 0 Å². The molecule has 1 aliphatic rings. The van der Waals surface area contributed by atoms with Crippen LogP contribution in [0.4, 0.5) is 5.69 Å². The van der Waals surface area contributed by atoms with Crippen LogP contribution in [0.15, 0.2) is 29.3 Å². The summed E-state index contributed by atoms with van der Waals surface area (Å²) in [6.45, 7) is 9.47. The largest absolute Gasteiger partial charge is 0.352 e. The molecule has 5 nitrogen and oxygen atoms in total. The Morgan fingerprint density at radius 1 is 1.19 bits per heavy atom. The topological polar surface area (TPSA) is 56.7 Å². The molecule has 1 aromatic rings. The molecule has 1 heterocycles. The third kappa shape index (κ3) is 7.13. The number of hydrogen-bond acceptors (Lipinski definition) is 2. The standard InChI is InChI=1S/C20H32N4O.HI/c1-5-6-19(25)23-18-9-7-17(8-10-18)12-22-20(21-4)24-13-15(2)11-16(3)14-24;/h7-10,15-16H,5-6,11-14H2,1-4H3,(H,21,22)(H,23,25);1H. The first-order valence-electron chi connectivity index (χ1n) is 9.36. The van der Waals surface area contributed by atoms with E-state index in [9.17, 15) is 4.79 Å². The summed E-state index contributed by atoms with van der Waals surface area (Å²) in [6.07, 6.45) is 2.71. The van der Waals surface area contributed by atoms with Crippen LogP contribution in [-0.2, 0) is 11.3 Å². The highest BCUT2D eigenvalue weighted by atomic mass is 127. The molecule has 1 aliphatic heterocycles. The molecule has 1 saturated heterocycles. The van der Waals surface area contributed by atoms with Crippen molar-refractivity contribution in [3.05, 3.63) is 29.8 Å². The highest BCUT2D eigenvalue weighted by molar-refractivity contribution is 14.0. The van der Waals surface area contributed by atoms with Gasteiger partial charge in [0.25, 0.3) is 0 Å². The smallest absolute Gasteiger partial charge is 0.224 e. The summed E-state index contributed by atoms with van der Waals surface area (Å²) >= 11 is 0. The molecule has 2 N–H and O–H groups in total. The van der Waals surface area contributed by atoms with Crippen LogP contribution in [0, 0.1) is 11.8 Å². The van der Waals surface area contributed by atoms with Crippen molar-refractivity contribution >= 4 is 41.5 Å². The van der Waals surface area contributed by atoms with Crippen LogP contribution in [-0.4, -0.2) is 36.9 Å². The predicted octanol–water partition coefficient (Wildman–Crippen LogP) is 4.10. The van der Waals surface area contributed by atoms with Gasteiger partial charge in [-0.1, -0.05) is 32.9 Å². The summed E-state index contributed by atoms with van der Waals surface area (Å²) in [5.74, 6) is 2.45. The zero-order chi connectivity index (χ0) is 18.2. The van der Waals surface area contributed by atoms with E-state index in [2.05, 4.69) is 34.4 Å². The zero-order valence-corrected chi connectivity index (χ0v) is 18.7. The SMILES string of the molecule is CCCC(=O)Nc1ccc(CNC(=NC)N2CC(C)CC(C)C2)cc1.I. The summed E-state index contributed by atoms with van der Waals surface area (Å²) < 4.78 is 0. The summed E-state index contributed by atoms with van der Waals surface area (Å²) in [6, 6.07) is 8.00. The van der Waals surface area contributed by atoms with Gasteiger partial charge in [-0.3, -0.25) is 9.79 Å². The Morgan fingerprint density at radius 3 is 2.35 bits per heavy atom. The van der Waals surface area contributed by atoms with Gasteiger partial charge in [0.05, 0.1) is 0 Å². The minimum atomic E-state index is 0. The minimum absolute atomic E-state index is 0. The third-order valence-corrected chi connectivity index (χ3v) is 4.55. The van der Waals surface area contributed by atoms with Gasteiger partial charge in [0, 0.05) is 38.8 Å². The van der Waals surface area contributed by atoms with Gasteiger partial charge in [0.1, 0.15) is 0 Å². The Hall–Kier alpha value is -1.31. The molecular weight excluding hydrogens is 439 g/mol. The number of amides is 1. The number of carbonyl (C=O) groups is 1. The monoisotopic (exact) mass is 472 g/mol. The molecule has 1 amide bonds. The van der Waals surface area contributed by atoms with Gasteiger partial charge in [-0.2, -0.15) is 0 Å². The van der Waals surface area contributed by atoms with Crippen molar-refractivity contribution in [2.45, 2.75) is 46.6 Å². The fourth-order valence-corrected chi connectivity index (χ4v) is 3.51. The van der Waals surface area contributed by atoms with E-state index in [1.54, 1.807) is 0 Å². The Morgan fingerprint density at radius 2 is 1.81 bits per heavy atom. The first kappa shape index (κ1) is 22.7. The number of halogens is 1. The lowest BCUT2D eigenvalue weighted by molar-refractivity contribution is -0.116. The normalized spacial score (nSPS) is 20.3. The molecular formula is C20H33IN4O. The van der Waals surface area contributed by atoms with Crippen LogP contribution in [0.3, 0.4) is 0 Å². The molecule has 2 rings (SSSR count). The molecule has 0 radical (unpaired) electrons. The van der Waals surface area contributed by atoms with E-state index in [0.717, 1.165) is 37.7 Å². The molecule has 0 bridgehead atoms. The quantitative estimate of drug-likeness (QED) is 0.386. The van der Waals surface area contributed by atoms with Crippen LogP contribution < -0.4 is 10.6 Å². The Labute approximate surface area is 175 Å². The first-order chi connectivity index (χ1) is 12.0. The number of nitrogens with one attached hydrogen (secondary N) is 2. The number of likely N-dealkylation sites (tertiary alicyclic amines) is 1. The van der Waals surface area contributed by atoms with Gasteiger partial charge < -0.3 is 15.5 Å². The number of carbonyl (C=O) groups excluding carboxylic acids is 1. The van der Waals surface area contributed by atoms with E-state index < -0.39 is 0 Å². The minimum Gasteiger partial charge on any atom is -0.352 e. The molecule has 0 spiro atoms.